The summed E-state index contributed by atoms with van der Waals surface area (Å²) in [6.07, 6.45) is 0.265. The van der Waals surface area contributed by atoms with E-state index in [1.165, 1.54) is 0 Å². The molecular formula is C14H16O4. The Hall–Kier alpha value is -1.23. The third-order valence-corrected chi connectivity index (χ3v) is 3.86. The first kappa shape index (κ1) is 11.8. The smallest absolute Gasteiger partial charge is 0.184 e. The molecule has 4 nitrogen and oxygen atoms in total. The minimum absolute atomic E-state index is 0.0162. The van der Waals surface area contributed by atoms with E-state index in [4.69, 9.17) is 9.47 Å². The Morgan fingerprint density at radius 3 is 2.78 bits per heavy atom. The van der Waals surface area contributed by atoms with Crippen LogP contribution in [0.2, 0.25) is 0 Å². The van der Waals surface area contributed by atoms with Crippen molar-refractivity contribution in [3.8, 4) is 0 Å². The molecule has 1 heterocycles. The largest absolute Gasteiger partial charge is 0.392 e. The second kappa shape index (κ2) is 4.80. The van der Waals surface area contributed by atoms with E-state index in [1.54, 1.807) is 0 Å². The normalized spacial score (nSPS) is 39.3. The van der Waals surface area contributed by atoms with Gasteiger partial charge in [-0.1, -0.05) is 30.3 Å². The molecule has 1 aliphatic heterocycles. The zero-order valence-corrected chi connectivity index (χ0v) is 9.94. The molecule has 1 saturated carbocycles. The van der Waals surface area contributed by atoms with Gasteiger partial charge in [0.2, 0.25) is 0 Å². The molecule has 18 heavy (non-hydrogen) atoms. The standard InChI is InChI=1S/C14H16O4/c15-7-10-11-8-17-14(9-4-2-1-3-5-9)18-13(11)6-12(10)16/h1-5,7,10-14,16H,6,8H2/t10-,11-,12+,13-,14?/m0/s1. The Bertz CT molecular complexity index is 419. The molecular weight excluding hydrogens is 232 g/mol. The molecule has 1 aromatic carbocycles. The van der Waals surface area contributed by atoms with Gasteiger partial charge in [-0.15, -0.1) is 0 Å². The van der Waals surface area contributed by atoms with E-state index >= 15 is 0 Å². The quantitative estimate of drug-likeness (QED) is 0.801. The van der Waals surface area contributed by atoms with E-state index in [-0.39, 0.29) is 24.2 Å². The lowest BCUT2D eigenvalue weighted by molar-refractivity contribution is -0.237. The maximum Gasteiger partial charge on any atom is 0.184 e. The predicted octanol–water partition coefficient (Wildman–Crippen LogP) is 1.30. The molecule has 0 bridgehead atoms. The molecule has 1 unspecified atom stereocenters. The van der Waals surface area contributed by atoms with Crippen LogP contribution in [0, 0.1) is 11.8 Å². The predicted molar refractivity (Wildman–Crippen MR) is 63.7 cm³/mol. The van der Waals surface area contributed by atoms with Crippen LogP contribution >= 0.6 is 0 Å². The van der Waals surface area contributed by atoms with Gasteiger partial charge in [-0.2, -0.15) is 0 Å². The molecule has 0 amide bonds. The monoisotopic (exact) mass is 248 g/mol. The lowest BCUT2D eigenvalue weighted by Gasteiger charge is -2.33. The Balaban J connectivity index is 1.74. The minimum Gasteiger partial charge on any atom is -0.392 e. The summed E-state index contributed by atoms with van der Waals surface area (Å²) < 4.78 is 11.5. The highest BCUT2D eigenvalue weighted by molar-refractivity contribution is 5.56. The lowest BCUT2D eigenvalue weighted by Crippen LogP contribution is -2.36. The first-order valence-electron chi connectivity index (χ1n) is 6.25. The minimum atomic E-state index is -0.601. The maximum atomic E-state index is 11.0. The van der Waals surface area contributed by atoms with Crippen molar-refractivity contribution in [1.82, 2.24) is 0 Å². The topological polar surface area (TPSA) is 55.8 Å². The lowest BCUT2D eigenvalue weighted by atomic mass is 9.95. The fourth-order valence-corrected chi connectivity index (χ4v) is 2.85. The second-order valence-corrected chi connectivity index (χ2v) is 4.93. The average molecular weight is 248 g/mol. The average Bonchev–Trinajstić information content (AvgIpc) is 2.74. The molecule has 1 N–H and O–H groups in total. The van der Waals surface area contributed by atoms with Gasteiger partial charge >= 0.3 is 0 Å². The van der Waals surface area contributed by atoms with Crippen molar-refractivity contribution < 1.29 is 19.4 Å². The van der Waals surface area contributed by atoms with Gasteiger partial charge in [-0.05, 0) is 0 Å². The molecule has 4 heteroatoms. The van der Waals surface area contributed by atoms with Gasteiger partial charge in [0.15, 0.2) is 6.29 Å². The second-order valence-electron chi connectivity index (χ2n) is 4.93. The van der Waals surface area contributed by atoms with Crippen molar-refractivity contribution in [2.24, 2.45) is 11.8 Å². The number of carbonyl (C=O) groups excluding carboxylic acids is 1. The third kappa shape index (κ3) is 1.96. The summed E-state index contributed by atoms with van der Waals surface area (Å²) in [7, 11) is 0. The molecule has 96 valence electrons. The van der Waals surface area contributed by atoms with Crippen LogP contribution in [0.25, 0.3) is 0 Å². The van der Waals surface area contributed by atoms with Crippen molar-refractivity contribution in [1.29, 1.82) is 0 Å². The highest BCUT2D eigenvalue weighted by atomic mass is 16.7. The Morgan fingerprint density at radius 2 is 2.06 bits per heavy atom. The number of carbonyl (C=O) groups is 1. The number of ether oxygens (including phenoxy) is 2. The zero-order chi connectivity index (χ0) is 12.5. The molecule has 2 aliphatic rings. The number of fused-ring (bicyclic) bond motifs is 1. The molecule has 0 spiro atoms. The van der Waals surface area contributed by atoms with E-state index in [9.17, 15) is 9.90 Å². The molecule has 3 rings (SSSR count). The van der Waals surface area contributed by atoms with Gasteiger partial charge in [0, 0.05) is 23.8 Å². The van der Waals surface area contributed by atoms with Gasteiger partial charge in [-0.25, -0.2) is 0 Å². The van der Waals surface area contributed by atoms with Crippen LogP contribution in [0.5, 0.6) is 0 Å². The summed E-state index contributed by atoms with van der Waals surface area (Å²) in [6, 6.07) is 9.72. The summed E-state index contributed by atoms with van der Waals surface area (Å²) in [5.74, 6) is -0.371. The van der Waals surface area contributed by atoms with E-state index < -0.39 is 6.10 Å². The van der Waals surface area contributed by atoms with E-state index in [1.807, 2.05) is 30.3 Å². The molecule has 1 saturated heterocycles. The van der Waals surface area contributed by atoms with Crippen molar-refractivity contribution in [3.63, 3.8) is 0 Å². The number of aliphatic hydroxyl groups is 1. The molecule has 2 fully saturated rings. The number of aldehydes is 1. The molecule has 0 radical (unpaired) electrons. The number of rotatable bonds is 2. The number of hydrogen-bond donors (Lipinski definition) is 1. The molecule has 5 atom stereocenters. The number of aliphatic hydroxyl groups excluding tert-OH is 1. The summed E-state index contributed by atoms with van der Waals surface area (Å²) in [6.45, 7) is 0.463. The molecule has 1 aromatic rings. The first-order valence-corrected chi connectivity index (χ1v) is 6.25. The zero-order valence-electron chi connectivity index (χ0n) is 9.94. The Kier molecular flexibility index (Phi) is 3.16. The van der Waals surface area contributed by atoms with Gasteiger partial charge in [0.1, 0.15) is 6.29 Å². The van der Waals surface area contributed by atoms with Crippen LogP contribution in [-0.4, -0.2) is 30.2 Å². The van der Waals surface area contributed by atoms with Gasteiger partial charge < -0.3 is 19.4 Å². The van der Waals surface area contributed by atoms with Crippen molar-refractivity contribution in [2.45, 2.75) is 24.9 Å². The highest BCUT2D eigenvalue weighted by Gasteiger charge is 2.47. The highest BCUT2D eigenvalue weighted by Crippen LogP contribution is 2.40. The van der Waals surface area contributed by atoms with Gasteiger partial charge in [0.25, 0.3) is 0 Å². The van der Waals surface area contributed by atoms with Crippen LogP contribution in [-0.2, 0) is 14.3 Å². The van der Waals surface area contributed by atoms with Crippen molar-refractivity contribution in [2.75, 3.05) is 6.61 Å². The number of benzene rings is 1. The van der Waals surface area contributed by atoms with Crippen LogP contribution in [0.1, 0.15) is 18.3 Å². The van der Waals surface area contributed by atoms with Gasteiger partial charge in [0.05, 0.1) is 18.8 Å². The molecule has 1 aliphatic carbocycles. The third-order valence-electron chi connectivity index (χ3n) is 3.86. The number of hydrogen-bond acceptors (Lipinski definition) is 4. The Labute approximate surface area is 106 Å². The van der Waals surface area contributed by atoms with Crippen LogP contribution in [0.4, 0.5) is 0 Å². The molecule has 0 aromatic heterocycles. The fraction of sp³-hybridized carbons (Fsp3) is 0.500. The van der Waals surface area contributed by atoms with Crippen LogP contribution < -0.4 is 0 Å². The van der Waals surface area contributed by atoms with E-state index in [2.05, 4.69) is 0 Å². The van der Waals surface area contributed by atoms with Crippen LogP contribution in [0.3, 0.4) is 0 Å². The maximum absolute atomic E-state index is 11.0. The fourth-order valence-electron chi connectivity index (χ4n) is 2.85. The summed E-state index contributed by atoms with van der Waals surface area (Å²) in [5.41, 5.74) is 0.972. The van der Waals surface area contributed by atoms with Gasteiger partial charge in [-0.3, -0.25) is 0 Å². The van der Waals surface area contributed by atoms with Crippen LogP contribution in [0.15, 0.2) is 30.3 Å². The van der Waals surface area contributed by atoms with Crippen molar-refractivity contribution >= 4 is 6.29 Å². The van der Waals surface area contributed by atoms with E-state index in [0.717, 1.165) is 11.8 Å². The Morgan fingerprint density at radius 1 is 1.28 bits per heavy atom. The summed E-state index contributed by atoms with van der Waals surface area (Å²) in [4.78, 5) is 11.0. The summed E-state index contributed by atoms with van der Waals surface area (Å²) >= 11 is 0. The van der Waals surface area contributed by atoms with E-state index in [0.29, 0.717) is 13.0 Å². The first-order chi connectivity index (χ1) is 8.79. The SMILES string of the molecule is O=C[C@H]1[C@@H]2COC(c3ccccc3)O[C@H]2C[C@H]1O. The van der Waals surface area contributed by atoms with Crippen molar-refractivity contribution in [3.05, 3.63) is 35.9 Å². The summed E-state index contributed by atoms with van der Waals surface area (Å²) in [5, 5.41) is 9.81.